The van der Waals surface area contributed by atoms with Gasteiger partial charge in [0, 0.05) is 18.8 Å². The molecular formula is C16H17N7O. The predicted molar refractivity (Wildman–Crippen MR) is 85.1 cm³/mol. The maximum atomic E-state index is 12.6. The minimum Gasteiger partial charge on any atom is -0.328 e. The van der Waals surface area contributed by atoms with Crippen molar-refractivity contribution in [2.24, 2.45) is 0 Å². The molecule has 1 aliphatic rings. The third-order valence-corrected chi connectivity index (χ3v) is 4.13. The van der Waals surface area contributed by atoms with Gasteiger partial charge in [-0.3, -0.25) is 4.79 Å². The summed E-state index contributed by atoms with van der Waals surface area (Å²) >= 11 is 0. The monoisotopic (exact) mass is 323 g/mol. The van der Waals surface area contributed by atoms with Crippen molar-refractivity contribution in [3.8, 4) is 0 Å². The van der Waals surface area contributed by atoms with E-state index >= 15 is 0 Å². The number of hydrogen-bond acceptors (Lipinski definition) is 5. The van der Waals surface area contributed by atoms with Crippen LogP contribution in [0.15, 0.2) is 37.1 Å². The van der Waals surface area contributed by atoms with Crippen LogP contribution in [0, 0.1) is 6.92 Å². The van der Waals surface area contributed by atoms with E-state index in [1.807, 2.05) is 25.3 Å². The average Bonchev–Trinajstić information content (AvgIpc) is 3.24. The summed E-state index contributed by atoms with van der Waals surface area (Å²) in [6.45, 7) is 4.36. The Morgan fingerprint density at radius 1 is 1.29 bits per heavy atom. The maximum Gasteiger partial charge on any atom is 0.272 e. The first-order valence-electron chi connectivity index (χ1n) is 7.79. The first kappa shape index (κ1) is 14.6. The molecule has 0 unspecified atom stereocenters. The number of aryl methyl sites for hydroxylation is 1. The molecule has 1 amide bonds. The van der Waals surface area contributed by atoms with Crippen LogP contribution < -0.4 is 0 Å². The minimum absolute atomic E-state index is 0.0502. The van der Waals surface area contributed by atoms with Crippen LogP contribution >= 0.6 is 0 Å². The molecule has 24 heavy (non-hydrogen) atoms. The Balaban J connectivity index is 1.52. The van der Waals surface area contributed by atoms with Crippen LogP contribution in [0.2, 0.25) is 0 Å². The van der Waals surface area contributed by atoms with Gasteiger partial charge in [-0.25, -0.2) is 19.6 Å². The zero-order valence-corrected chi connectivity index (χ0v) is 13.3. The molecule has 3 aromatic heterocycles. The average molecular weight is 323 g/mol. The topological polar surface area (TPSA) is 81.7 Å². The van der Waals surface area contributed by atoms with E-state index in [2.05, 4.69) is 24.6 Å². The van der Waals surface area contributed by atoms with Crippen LogP contribution in [0.25, 0.3) is 0 Å². The van der Waals surface area contributed by atoms with E-state index in [4.69, 9.17) is 0 Å². The molecule has 0 N–H and O–H groups in total. The third kappa shape index (κ3) is 2.66. The second-order valence-electron chi connectivity index (χ2n) is 5.80. The van der Waals surface area contributed by atoms with Gasteiger partial charge < -0.3 is 9.47 Å². The Morgan fingerprint density at radius 2 is 2.21 bits per heavy atom. The number of fused-ring (bicyclic) bond motifs is 1. The molecule has 8 nitrogen and oxygen atoms in total. The van der Waals surface area contributed by atoms with Crippen molar-refractivity contribution in [3.05, 3.63) is 60.0 Å². The largest absolute Gasteiger partial charge is 0.328 e. The van der Waals surface area contributed by atoms with Crippen molar-refractivity contribution in [3.63, 3.8) is 0 Å². The highest BCUT2D eigenvalue weighted by Gasteiger charge is 2.25. The maximum absolute atomic E-state index is 12.6. The van der Waals surface area contributed by atoms with E-state index in [0.717, 1.165) is 23.8 Å². The highest BCUT2D eigenvalue weighted by Crippen LogP contribution is 2.17. The first-order valence-corrected chi connectivity index (χ1v) is 7.79. The summed E-state index contributed by atoms with van der Waals surface area (Å²) in [6.07, 6.45) is 5.04. The number of carbonyl (C=O) groups excluding carboxylic acids is 1. The summed E-state index contributed by atoms with van der Waals surface area (Å²) in [5, 5.41) is 4.12. The summed E-state index contributed by atoms with van der Waals surface area (Å²) in [7, 11) is 0. The quantitative estimate of drug-likeness (QED) is 0.715. The lowest BCUT2D eigenvalue weighted by Crippen LogP contribution is -2.39. The molecule has 0 radical (unpaired) electrons. The summed E-state index contributed by atoms with van der Waals surface area (Å²) in [4.78, 5) is 27.2. The van der Waals surface area contributed by atoms with Crippen molar-refractivity contribution in [2.75, 3.05) is 6.54 Å². The highest BCUT2D eigenvalue weighted by molar-refractivity contribution is 5.92. The van der Waals surface area contributed by atoms with Gasteiger partial charge >= 0.3 is 0 Å². The lowest BCUT2D eigenvalue weighted by Gasteiger charge is -2.28. The molecule has 0 bridgehead atoms. The SMILES string of the molecule is Cc1cccc(C(=O)N2CCn3c(Cn4cncn4)cnc3C2)n1. The van der Waals surface area contributed by atoms with Gasteiger partial charge in [0.2, 0.25) is 0 Å². The van der Waals surface area contributed by atoms with Crippen molar-refractivity contribution in [1.29, 1.82) is 0 Å². The van der Waals surface area contributed by atoms with Gasteiger partial charge in [0.15, 0.2) is 0 Å². The molecule has 8 heteroatoms. The smallest absolute Gasteiger partial charge is 0.272 e. The second-order valence-corrected chi connectivity index (χ2v) is 5.80. The molecule has 4 heterocycles. The van der Waals surface area contributed by atoms with Crippen LogP contribution in [0.3, 0.4) is 0 Å². The Morgan fingerprint density at radius 3 is 3.00 bits per heavy atom. The van der Waals surface area contributed by atoms with Crippen LogP contribution in [0.5, 0.6) is 0 Å². The zero-order valence-electron chi connectivity index (χ0n) is 13.3. The number of hydrogen-bond donors (Lipinski definition) is 0. The lowest BCUT2D eigenvalue weighted by atomic mass is 10.2. The fourth-order valence-electron chi connectivity index (χ4n) is 2.93. The molecule has 0 saturated heterocycles. The molecule has 4 rings (SSSR count). The van der Waals surface area contributed by atoms with Gasteiger partial charge in [-0.1, -0.05) is 6.07 Å². The summed E-state index contributed by atoms with van der Waals surface area (Å²) in [5.74, 6) is 0.836. The number of carbonyl (C=O) groups is 1. The molecule has 0 fully saturated rings. The second kappa shape index (κ2) is 5.88. The number of nitrogens with zero attached hydrogens (tertiary/aromatic N) is 7. The van der Waals surface area contributed by atoms with Crippen LogP contribution in [-0.2, 0) is 19.6 Å². The number of rotatable bonds is 3. The van der Waals surface area contributed by atoms with E-state index in [1.165, 1.54) is 6.33 Å². The zero-order chi connectivity index (χ0) is 16.5. The third-order valence-electron chi connectivity index (χ3n) is 4.13. The summed E-state index contributed by atoms with van der Waals surface area (Å²) in [5.41, 5.74) is 2.39. The van der Waals surface area contributed by atoms with E-state index in [9.17, 15) is 4.79 Å². The van der Waals surface area contributed by atoms with Gasteiger partial charge in [0.1, 0.15) is 24.2 Å². The number of amides is 1. The fraction of sp³-hybridized carbons (Fsp3) is 0.312. The van der Waals surface area contributed by atoms with Gasteiger partial charge in [-0.15, -0.1) is 0 Å². The van der Waals surface area contributed by atoms with Gasteiger partial charge in [0.05, 0.1) is 25.0 Å². The van der Waals surface area contributed by atoms with E-state index < -0.39 is 0 Å². The first-order chi connectivity index (χ1) is 11.7. The normalized spacial score (nSPS) is 13.8. The molecular weight excluding hydrogens is 306 g/mol. The Labute approximate surface area is 138 Å². The van der Waals surface area contributed by atoms with Crippen molar-refractivity contribution < 1.29 is 4.79 Å². The molecule has 122 valence electrons. The van der Waals surface area contributed by atoms with Crippen molar-refractivity contribution in [2.45, 2.75) is 26.6 Å². The predicted octanol–water partition coefficient (Wildman–Crippen LogP) is 0.882. The van der Waals surface area contributed by atoms with Crippen LogP contribution in [0.4, 0.5) is 0 Å². The highest BCUT2D eigenvalue weighted by atomic mass is 16.2. The minimum atomic E-state index is -0.0502. The van der Waals surface area contributed by atoms with Crippen LogP contribution in [-0.4, -0.2) is 46.7 Å². The number of aromatic nitrogens is 6. The molecule has 0 saturated carbocycles. The summed E-state index contributed by atoms with van der Waals surface area (Å²) in [6, 6.07) is 5.50. The lowest BCUT2D eigenvalue weighted by molar-refractivity contribution is 0.0700. The van der Waals surface area contributed by atoms with E-state index in [0.29, 0.717) is 25.3 Å². The van der Waals surface area contributed by atoms with Crippen LogP contribution in [0.1, 0.15) is 27.7 Å². The molecule has 3 aromatic rings. The van der Waals surface area contributed by atoms with E-state index in [-0.39, 0.29) is 5.91 Å². The fourth-order valence-corrected chi connectivity index (χ4v) is 2.93. The van der Waals surface area contributed by atoms with E-state index in [1.54, 1.807) is 22.0 Å². The standard InChI is InChI=1S/C16H17N7O/c1-12-3-2-4-14(20-12)16(24)21-5-6-23-13(7-18-15(23)9-21)8-22-11-17-10-19-22/h2-4,7,10-11H,5-6,8-9H2,1H3. The molecule has 1 aliphatic heterocycles. The van der Waals surface area contributed by atoms with Crippen molar-refractivity contribution in [1.82, 2.24) is 34.2 Å². The molecule has 0 spiro atoms. The number of imidazole rings is 1. The van der Waals surface area contributed by atoms with Gasteiger partial charge in [-0.05, 0) is 19.1 Å². The Kier molecular flexibility index (Phi) is 3.56. The molecule has 0 atom stereocenters. The van der Waals surface area contributed by atoms with Crippen molar-refractivity contribution >= 4 is 5.91 Å². The Hall–Kier alpha value is -3.03. The Bertz CT molecular complexity index is 868. The molecule has 0 aromatic carbocycles. The molecule has 0 aliphatic carbocycles. The van der Waals surface area contributed by atoms with Gasteiger partial charge in [-0.2, -0.15) is 5.10 Å². The number of pyridine rings is 1. The van der Waals surface area contributed by atoms with Gasteiger partial charge in [0.25, 0.3) is 5.91 Å². The summed E-state index contributed by atoms with van der Waals surface area (Å²) < 4.78 is 3.91.